The lowest BCUT2D eigenvalue weighted by Crippen LogP contribution is -2.46. The molecule has 3 N–H and O–H groups in total. The second-order valence-electron chi connectivity index (χ2n) is 5.11. The fraction of sp³-hybridized carbons (Fsp3) is 0.429. The summed E-state index contributed by atoms with van der Waals surface area (Å²) in [4.78, 5) is 20.3. The lowest BCUT2D eigenvalue weighted by molar-refractivity contribution is 0.110. The summed E-state index contributed by atoms with van der Waals surface area (Å²) in [6.07, 6.45) is 2.10. The number of para-hydroxylation sites is 2. The minimum Gasteiger partial charge on any atom is -0.465 e. The summed E-state index contributed by atoms with van der Waals surface area (Å²) in [6, 6.07) is 7.84. The summed E-state index contributed by atoms with van der Waals surface area (Å²) in [5, 5.41) is 12.4. The van der Waals surface area contributed by atoms with E-state index in [0.717, 1.165) is 30.3 Å². The van der Waals surface area contributed by atoms with E-state index in [9.17, 15) is 9.90 Å². The Morgan fingerprint density at radius 3 is 3.10 bits per heavy atom. The van der Waals surface area contributed by atoms with Gasteiger partial charge in [-0.2, -0.15) is 0 Å². The molecule has 1 aliphatic rings. The molecule has 1 atom stereocenters. The number of nitrogens with one attached hydrogen (secondary N) is 2. The molecule has 6 heteroatoms. The molecule has 20 heavy (non-hydrogen) atoms. The number of hydrogen-bond donors (Lipinski definition) is 3. The zero-order chi connectivity index (χ0) is 13.9. The molecule has 1 aliphatic heterocycles. The number of rotatable bonds is 3. The van der Waals surface area contributed by atoms with Crippen LogP contribution in [0.3, 0.4) is 0 Å². The molecule has 2 heterocycles. The van der Waals surface area contributed by atoms with E-state index in [-0.39, 0.29) is 6.04 Å². The Morgan fingerprint density at radius 1 is 1.45 bits per heavy atom. The van der Waals surface area contributed by atoms with Gasteiger partial charge in [0.1, 0.15) is 0 Å². The van der Waals surface area contributed by atoms with Crippen LogP contribution >= 0.6 is 0 Å². The Bertz CT molecular complexity index is 577. The minimum atomic E-state index is -0.832. The summed E-state index contributed by atoms with van der Waals surface area (Å²) in [5.74, 6) is 0.696. The maximum absolute atomic E-state index is 11.2. The topological polar surface area (TPSA) is 81.2 Å². The summed E-state index contributed by atoms with van der Waals surface area (Å²) in [7, 11) is 0. The van der Waals surface area contributed by atoms with Crippen molar-refractivity contribution in [2.75, 3.05) is 18.4 Å². The van der Waals surface area contributed by atoms with Gasteiger partial charge in [-0.25, -0.2) is 9.78 Å². The van der Waals surface area contributed by atoms with Gasteiger partial charge in [0.05, 0.1) is 17.1 Å². The van der Waals surface area contributed by atoms with Crippen LogP contribution in [0.15, 0.2) is 24.3 Å². The maximum Gasteiger partial charge on any atom is 0.407 e. The van der Waals surface area contributed by atoms with Gasteiger partial charge in [-0.05, 0) is 31.4 Å². The van der Waals surface area contributed by atoms with Crippen molar-refractivity contribution in [1.82, 2.24) is 14.9 Å². The highest BCUT2D eigenvalue weighted by atomic mass is 16.4. The number of carboxylic acid groups (broad SMARTS) is 1. The number of carbonyl (C=O) groups is 1. The van der Waals surface area contributed by atoms with E-state index >= 15 is 0 Å². The molecule has 6 nitrogen and oxygen atoms in total. The number of benzene rings is 1. The highest BCUT2D eigenvalue weighted by Gasteiger charge is 2.26. The first-order valence-electron chi connectivity index (χ1n) is 6.92. The molecule has 0 aliphatic carbocycles. The lowest BCUT2D eigenvalue weighted by Gasteiger charge is -2.33. The monoisotopic (exact) mass is 274 g/mol. The Kier molecular flexibility index (Phi) is 3.45. The number of fused-ring (bicyclic) bond motifs is 1. The van der Waals surface area contributed by atoms with Crippen LogP contribution in [-0.4, -0.2) is 45.2 Å². The van der Waals surface area contributed by atoms with E-state index in [1.165, 1.54) is 4.90 Å². The van der Waals surface area contributed by atoms with E-state index < -0.39 is 6.09 Å². The average molecular weight is 274 g/mol. The number of aromatic nitrogens is 2. The molecule has 3 rings (SSSR count). The predicted octanol–water partition coefficient (Wildman–Crippen LogP) is 2.51. The van der Waals surface area contributed by atoms with Crippen LogP contribution in [0.4, 0.5) is 10.7 Å². The van der Waals surface area contributed by atoms with Gasteiger partial charge in [-0.3, -0.25) is 0 Å². The van der Waals surface area contributed by atoms with Crippen molar-refractivity contribution < 1.29 is 9.90 Å². The molecule has 1 fully saturated rings. The maximum atomic E-state index is 11.2. The molecule has 0 bridgehead atoms. The van der Waals surface area contributed by atoms with Crippen molar-refractivity contribution in [3.8, 4) is 0 Å². The van der Waals surface area contributed by atoms with Gasteiger partial charge in [-0.15, -0.1) is 0 Å². The number of likely N-dealkylation sites (tertiary alicyclic amines) is 1. The standard InChI is InChI=1S/C14H18N4O2/c19-14(20)18-8-4-3-5-10(18)9-15-13-16-11-6-1-2-7-12(11)17-13/h1-2,6-7,10H,3-5,8-9H2,(H,19,20)(H2,15,16,17)/t10-/m0/s1. The number of piperidine rings is 1. The number of nitrogens with zero attached hydrogens (tertiary/aromatic N) is 2. The van der Waals surface area contributed by atoms with Crippen LogP contribution in [-0.2, 0) is 0 Å². The van der Waals surface area contributed by atoms with Crippen molar-refractivity contribution in [1.29, 1.82) is 0 Å². The van der Waals surface area contributed by atoms with Gasteiger partial charge < -0.3 is 20.3 Å². The van der Waals surface area contributed by atoms with E-state index in [1.807, 2.05) is 24.3 Å². The molecule has 106 valence electrons. The highest BCUT2D eigenvalue weighted by Crippen LogP contribution is 2.18. The lowest BCUT2D eigenvalue weighted by atomic mass is 10.0. The minimum absolute atomic E-state index is 0.0227. The van der Waals surface area contributed by atoms with Crippen molar-refractivity contribution in [3.05, 3.63) is 24.3 Å². The Labute approximate surface area is 116 Å². The Morgan fingerprint density at radius 2 is 2.30 bits per heavy atom. The molecule has 0 unspecified atom stereocenters. The first-order valence-corrected chi connectivity index (χ1v) is 6.92. The van der Waals surface area contributed by atoms with Gasteiger partial charge in [0.25, 0.3) is 0 Å². The molecule has 0 radical (unpaired) electrons. The van der Waals surface area contributed by atoms with Crippen LogP contribution < -0.4 is 5.32 Å². The summed E-state index contributed by atoms with van der Waals surface area (Å²) < 4.78 is 0. The number of aromatic amines is 1. The number of H-pyrrole nitrogens is 1. The van der Waals surface area contributed by atoms with Crippen molar-refractivity contribution in [3.63, 3.8) is 0 Å². The number of anilines is 1. The Hall–Kier alpha value is -2.24. The van der Waals surface area contributed by atoms with Crippen LogP contribution in [0.2, 0.25) is 0 Å². The molecular formula is C14H18N4O2. The SMILES string of the molecule is O=C(O)N1CCCC[C@H]1CNc1nc2ccccc2[nH]1. The molecule has 1 aromatic heterocycles. The third-order valence-electron chi connectivity index (χ3n) is 3.77. The van der Waals surface area contributed by atoms with Gasteiger partial charge in [0.2, 0.25) is 5.95 Å². The van der Waals surface area contributed by atoms with Gasteiger partial charge in [0, 0.05) is 13.1 Å². The third kappa shape index (κ3) is 2.54. The average Bonchev–Trinajstić information content (AvgIpc) is 2.88. The fourth-order valence-corrected chi connectivity index (χ4v) is 2.72. The summed E-state index contributed by atoms with van der Waals surface area (Å²) in [6.45, 7) is 1.22. The molecule has 1 aromatic carbocycles. The quantitative estimate of drug-likeness (QED) is 0.803. The smallest absolute Gasteiger partial charge is 0.407 e. The van der Waals surface area contributed by atoms with Crippen LogP contribution in [0.25, 0.3) is 11.0 Å². The van der Waals surface area contributed by atoms with Gasteiger partial charge in [-0.1, -0.05) is 12.1 Å². The second kappa shape index (κ2) is 5.40. The zero-order valence-corrected chi connectivity index (χ0v) is 11.2. The third-order valence-corrected chi connectivity index (χ3v) is 3.77. The summed E-state index contributed by atoms with van der Waals surface area (Å²) >= 11 is 0. The van der Waals surface area contributed by atoms with Crippen LogP contribution in [0.5, 0.6) is 0 Å². The molecule has 1 amide bonds. The van der Waals surface area contributed by atoms with Gasteiger partial charge in [0.15, 0.2) is 0 Å². The van der Waals surface area contributed by atoms with Crippen molar-refractivity contribution in [2.24, 2.45) is 0 Å². The van der Waals surface area contributed by atoms with E-state index in [2.05, 4.69) is 15.3 Å². The molecule has 0 saturated carbocycles. The van der Waals surface area contributed by atoms with Gasteiger partial charge >= 0.3 is 6.09 Å². The Balaban J connectivity index is 1.67. The van der Waals surface area contributed by atoms with Crippen LogP contribution in [0.1, 0.15) is 19.3 Å². The first kappa shape index (κ1) is 12.8. The number of amides is 1. The zero-order valence-electron chi connectivity index (χ0n) is 11.2. The fourth-order valence-electron chi connectivity index (χ4n) is 2.72. The largest absolute Gasteiger partial charge is 0.465 e. The van der Waals surface area contributed by atoms with Crippen molar-refractivity contribution >= 4 is 23.1 Å². The second-order valence-corrected chi connectivity index (χ2v) is 5.11. The van der Waals surface area contributed by atoms with Crippen LogP contribution in [0, 0.1) is 0 Å². The molecule has 0 spiro atoms. The predicted molar refractivity (Wildman–Crippen MR) is 77.0 cm³/mol. The van der Waals surface area contributed by atoms with E-state index in [0.29, 0.717) is 19.0 Å². The van der Waals surface area contributed by atoms with Crippen molar-refractivity contribution in [2.45, 2.75) is 25.3 Å². The molecule has 2 aromatic rings. The molecular weight excluding hydrogens is 256 g/mol. The first-order chi connectivity index (χ1) is 9.74. The molecule has 1 saturated heterocycles. The normalized spacial score (nSPS) is 19.2. The number of imidazole rings is 1. The van der Waals surface area contributed by atoms with E-state index in [1.54, 1.807) is 0 Å². The summed E-state index contributed by atoms with van der Waals surface area (Å²) in [5.41, 5.74) is 1.89. The number of hydrogen-bond acceptors (Lipinski definition) is 3. The van der Waals surface area contributed by atoms with E-state index in [4.69, 9.17) is 0 Å². The highest BCUT2D eigenvalue weighted by molar-refractivity contribution is 5.77.